The van der Waals surface area contributed by atoms with Crippen molar-refractivity contribution in [1.29, 1.82) is 0 Å². The first kappa shape index (κ1) is 16.0. The first-order valence-corrected chi connectivity index (χ1v) is 10.1. The van der Waals surface area contributed by atoms with E-state index in [0.29, 0.717) is 0 Å². The van der Waals surface area contributed by atoms with Crippen LogP contribution in [0.15, 0.2) is 58.3 Å². The molecule has 2 aromatic rings. The molecule has 1 saturated heterocycles. The summed E-state index contributed by atoms with van der Waals surface area (Å²) >= 11 is 1.90. The molecule has 1 fully saturated rings. The van der Waals surface area contributed by atoms with E-state index < -0.39 is 0 Å². The molecule has 24 heavy (non-hydrogen) atoms. The number of unbranched alkanes of at least 4 members (excludes halogenated alkanes) is 1. The molecule has 0 spiro atoms. The number of rotatable bonds is 5. The lowest BCUT2D eigenvalue weighted by Crippen LogP contribution is -2.31. The van der Waals surface area contributed by atoms with Crippen molar-refractivity contribution in [2.24, 2.45) is 0 Å². The van der Waals surface area contributed by atoms with Gasteiger partial charge in [0.25, 0.3) is 0 Å². The maximum Gasteiger partial charge on any atom is 0.0552 e. The molecule has 2 nitrogen and oxygen atoms in total. The highest BCUT2D eigenvalue weighted by Gasteiger charge is 2.22. The predicted octanol–water partition coefficient (Wildman–Crippen LogP) is 5.56. The number of hydrogen-bond acceptors (Lipinski definition) is 3. The van der Waals surface area contributed by atoms with Crippen LogP contribution >= 0.6 is 11.8 Å². The van der Waals surface area contributed by atoms with Crippen molar-refractivity contribution in [3.05, 3.63) is 48.5 Å². The Balaban J connectivity index is 1.42. The van der Waals surface area contributed by atoms with Gasteiger partial charge in [-0.25, -0.2) is 0 Å². The zero-order valence-corrected chi connectivity index (χ0v) is 15.1. The van der Waals surface area contributed by atoms with E-state index in [9.17, 15) is 0 Å². The molecule has 2 aliphatic heterocycles. The summed E-state index contributed by atoms with van der Waals surface area (Å²) in [6, 6.07) is 17.6. The Bertz CT molecular complexity index is 634. The van der Waals surface area contributed by atoms with Crippen LogP contribution in [0.1, 0.15) is 32.1 Å². The average Bonchev–Trinajstić information content (AvgIpc) is 2.65. The molecular weight excluding hydrogens is 312 g/mol. The van der Waals surface area contributed by atoms with E-state index in [4.69, 9.17) is 0 Å². The SMILES string of the molecule is c1ccc2c(c1)Sc1ccccc1N2CCCCN1CCCCC1. The molecule has 126 valence electrons. The predicted molar refractivity (Wildman–Crippen MR) is 104 cm³/mol. The molecule has 0 atom stereocenters. The summed E-state index contributed by atoms with van der Waals surface area (Å²) in [5.74, 6) is 0. The summed E-state index contributed by atoms with van der Waals surface area (Å²) < 4.78 is 0. The first-order valence-electron chi connectivity index (χ1n) is 9.28. The minimum atomic E-state index is 1.11. The van der Waals surface area contributed by atoms with Crippen molar-refractivity contribution in [2.45, 2.75) is 41.9 Å². The number of fused-ring (bicyclic) bond motifs is 2. The highest BCUT2D eigenvalue weighted by atomic mass is 32.2. The van der Waals surface area contributed by atoms with Crippen LogP contribution in [0.25, 0.3) is 0 Å². The standard InChI is InChI=1S/C21H26N2S/c1-6-14-22(15-7-1)16-8-9-17-23-18-10-2-4-12-20(18)24-21-13-5-3-11-19(21)23/h2-5,10-13H,1,6-9,14-17H2. The van der Waals surface area contributed by atoms with Crippen LogP contribution in [-0.4, -0.2) is 31.1 Å². The molecule has 2 aliphatic rings. The van der Waals surface area contributed by atoms with Crippen LogP contribution in [0.5, 0.6) is 0 Å². The second-order valence-corrected chi connectivity index (χ2v) is 7.88. The molecule has 3 heteroatoms. The molecule has 0 radical (unpaired) electrons. The van der Waals surface area contributed by atoms with Crippen molar-refractivity contribution >= 4 is 23.1 Å². The number of piperidine rings is 1. The maximum absolute atomic E-state index is 2.65. The number of benzene rings is 2. The Morgan fingerprint density at radius 2 is 1.29 bits per heavy atom. The fourth-order valence-electron chi connectivity index (χ4n) is 3.81. The third-order valence-corrected chi connectivity index (χ3v) is 6.22. The van der Waals surface area contributed by atoms with Crippen molar-refractivity contribution in [3.8, 4) is 0 Å². The smallest absolute Gasteiger partial charge is 0.0552 e. The number of para-hydroxylation sites is 2. The Labute approximate surface area is 149 Å². The maximum atomic E-state index is 2.65. The van der Waals surface area contributed by atoms with E-state index in [1.165, 1.54) is 72.9 Å². The lowest BCUT2D eigenvalue weighted by molar-refractivity contribution is 0.225. The fraction of sp³-hybridized carbons (Fsp3) is 0.429. The van der Waals surface area contributed by atoms with Crippen molar-refractivity contribution in [2.75, 3.05) is 31.1 Å². The second kappa shape index (κ2) is 7.62. The quantitative estimate of drug-likeness (QED) is 0.659. The average molecular weight is 339 g/mol. The lowest BCUT2D eigenvalue weighted by atomic mass is 10.1. The zero-order valence-electron chi connectivity index (χ0n) is 14.3. The van der Waals surface area contributed by atoms with Crippen LogP contribution in [0.4, 0.5) is 11.4 Å². The van der Waals surface area contributed by atoms with Crippen LogP contribution in [-0.2, 0) is 0 Å². The highest BCUT2D eigenvalue weighted by Crippen LogP contribution is 2.47. The summed E-state index contributed by atoms with van der Waals surface area (Å²) in [7, 11) is 0. The Morgan fingerprint density at radius 3 is 1.96 bits per heavy atom. The molecule has 0 saturated carbocycles. The monoisotopic (exact) mass is 338 g/mol. The molecule has 0 unspecified atom stereocenters. The normalized spacial score (nSPS) is 17.4. The van der Waals surface area contributed by atoms with Crippen LogP contribution in [0, 0.1) is 0 Å². The fourth-order valence-corrected chi connectivity index (χ4v) is 4.91. The van der Waals surface area contributed by atoms with Gasteiger partial charge in [0.1, 0.15) is 0 Å². The zero-order chi connectivity index (χ0) is 16.2. The molecule has 0 N–H and O–H groups in total. The molecule has 4 rings (SSSR count). The third-order valence-electron chi connectivity index (χ3n) is 5.09. The lowest BCUT2D eigenvalue weighted by Gasteiger charge is -2.33. The van der Waals surface area contributed by atoms with Crippen LogP contribution < -0.4 is 4.90 Å². The summed E-state index contributed by atoms with van der Waals surface area (Å²) in [6.07, 6.45) is 6.77. The van der Waals surface area contributed by atoms with Gasteiger partial charge in [-0.3, -0.25) is 0 Å². The van der Waals surface area contributed by atoms with E-state index in [1.54, 1.807) is 0 Å². The highest BCUT2D eigenvalue weighted by molar-refractivity contribution is 7.99. The molecule has 0 amide bonds. The number of likely N-dealkylation sites (tertiary alicyclic amines) is 1. The number of anilines is 2. The first-order chi connectivity index (χ1) is 11.9. The summed E-state index contributed by atoms with van der Waals surface area (Å²) in [4.78, 5) is 7.94. The van der Waals surface area contributed by atoms with Gasteiger partial charge in [0.15, 0.2) is 0 Å². The summed E-state index contributed by atoms with van der Waals surface area (Å²) in [6.45, 7) is 5.01. The van der Waals surface area contributed by atoms with Crippen molar-refractivity contribution in [3.63, 3.8) is 0 Å². The summed E-state index contributed by atoms with van der Waals surface area (Å²) in [5.41, 5.74) is 2.75. The van der Waals surface area contributed by atoms with Gasteiger partial charge in [0, 0.05) is 16.3 Å². The minimum Gasteiger partial charge on any atom is -0.340 e. The van der Waals surface area contributed by atoms with Gasteiger partial charge in [-0.05, 0) is 69.6 Å². The Morgan fingerprint density at radius 1 is 0.708 bits per heavy atom. The van der Waals surface area contributed by atoms with Crippen LogP contribution in [0.3, 0.4) is 0 Å². The van der Waals surface area contributed by atoms with Gasteiger partial charge < -0.3 is 9.80 Å². The van der Waals surface area contributed by atoms with E-state index in [2.05, 4.69) is 58.3 Å². The Hall–Kier alpha value is -1.45. The van der Waals surface area contributed by atoms with Crippen LogP contribution in [0.2, 0.25) is 0 Å². The van der Waals surface area contributed by atoms with Gasteiger partial charge in [0.05, 0.1) is 11.4 Å². The van der Waals surface area contributed by atoms with Crippen molar-refractivity contribution in [1.82, 2.24) is 4.90 Å². The van der Waals surface area contributed by atoms with Gasteiger partial charge in [-0.15, -0.1) is 0 Å². The molecule has 0 bridgehead atoms. The topological polar surface area (TPSA) is 6.48 Å². The molecule has 2 aromatic carbocycles. The van der Waals surface area contributed by atoms with E-state index in [1.807, 2.05) is 11.8 Å². The molecule has 2 heterocycles. The van der Waals surface area contributed by atoms with E-state index in [-0.39, 0.29) is 0 Å². The van der Waals surface area contributed by atoms with E-state index in [0.717, 1.165) is 6.54 Å². The number of hydrogen-bond donors (Lipinski definition) is 0. The molecule has 0 aromatic heterocycles. The van der Waals surface area contributed by atoms with E-state index >= 15 is 0 Å². The van der Waals surface area contributed by atoms with Crippen molar-refractivity contribution < 1.29 is 0 Å². The summed E-state index contributed by atoms with van der Waals surface area (Å²) in [5, 5.41) is 0. The number of nitrogens with zero attached hydrogens (tertiary/aromatic N) is 2. The minimum absolute atomic E-state index is 1.11. The Kier molecular flexibility index (Phi) is 5.10. The second-order valence-electron chi connectivity index (χ2n) is 6.80. The molecular formula is C21H26N2S. The third kappa shape index (κ3) is 3.47. The van der Waals surface area contributed by atoms with Gasteiger partial charge in [-0.2, -0.15) is 0 Å². The largest absolute Gasteiger partial charge is 0.340 e. The van der Waals surface area contributed by atoms with Gasteiger partial charge in [-0.1, -0.05) is 42.4 Å². The van der Waals surface area contributed by atoms with Gasteiger partial charge in [0.2, 0.25) is 0 Å². The molecule has 0 aliphatic carbocycles. The van der Waals surface area contributed by atoms with Gasteiger partial charge >= 0.3 is 0 Å².